The highest BCUT2D eigenvalue weighted by atomic mass is 32.2. The number of nitrogens with zero attached hydrogens (tertiary/aromatic N) is 5. The minimum Gasteiger partial charge on any atom is -0.497 e. The van der Waals surface area contributed by atoms with Crippen LogP contribution < -0.4 is 18.5 Å². The van der Waals surface area contributed by atoms with Crippen LogP contribution in [0.5, 0.6) is 17.2 Å². The zero-order valence-corrected chi connectivity index (χ0v) is 23.8. The fourth-order valence-corrected chi connectivity index (χ4v) is 6.54. The van der Waals surface area contributed by atoms with E-state index in [1.54, 1.807) is 30.6 Å². The standard InChI is InChI=1S/C29H29F2N5O5S/c1-39-21-8-7-20(26(13-21)40-2)17-36(29-10-11-32-18-33-29)42(37,38)28-15-23(30)27(14-24(28)31)41-25-6-4-3-5-22(25)19-9-12-34-35-16-19/h7-16,18,22,25H,3-6,17H2,1-2H3/t22-,25+/m1/s1. The third kappa shape index (κ3) is 6.10. The van der Waals surface area contributed by atoms with E-state index in [1.165, 1.54) is 26.5 Å². The van der Waals surface area contributed by atoms with Gasteiger partial charge in [-0.25, -0.2) is 31.5 Å². The Morgan fingerprint density at radius 2 is 1.76 bits per heavy atom. The molecule has 1 aliphatic rings. The van der Waals surface area contributed by atoms with Crippen LogP contribution in [0.15, 0.2) is 72.3 Å². The van der Waals surface area contributed by atoms with Gasteiger partial charge in [0.15, 0.2) is 11.6 Å². The van der Waals surface area contributed by atoms with Crippen LogP contribution in [0.1, 0.15) is 42.7 Å². The van der Waals surface area contributed by atoms with Crippen molar-refractivity contribution in [3.63, 3.8) is 0 Å². The molecule has 0 bridgehead atoms. The number of hydrogen-bond donors (Lipinski definition) is 0. The molecule has 1 aliphatic carbocycles. The summed E-state index contributed by atoms with van der Waals surface area (Å²) in [6.07, 6.45) is 8.51. The van der Waals surface area contributed by atoms with Crippen LogP contribution in [-0.4, -0.2) is 48.9 Å². The van der Waals surface area contributed by atoms with Gasteiger partial charge >= 0.3 is 0 Å². The molecule has 2 aromatic carbocycles. The summed E-state index contributed by atoms with van der Waals surface area (Å²) in [6.45, 7) is -0.296. The third-order valence-electron chi connectivity index (χ3n) is 7.20. The van der Waals surface area contributed by atoms with Crippen molar-refractivity contribution in [2.45, 2.75) is 49.1 Å². The Labute approximate surface area is 242 Å². The van der Waals surface area contributed by atoms with Crippen molar-refractivity contribution in [3.8, 4) is 17.2 Å². The second kappa shape index (κ2) is 12.6. The molecule has 5 rings (SSSR count). The zero-order chi connectivity index (χ0) is 29.7. The molecule has 13 heteroatoms. The molecule has 10 nitrogen and oxygen atoms in total. The van der Waals surface area contributed by atoms with Crippen molar-refractivity contribution < 1.29 is 31.4 Å². The van der Waals surface area contributed by atoms with Crippen molar-refractivity contribution in [1.29, 1.82) is 0 Å². The highest BCUT2D eigenvalue weighted by Gasteiger charge is 2.33. The van der Waals surface area contributed by atoms with Gasteiger partial charge in [-0.3, -0.25) is 0 Å². The van der Waals surface area contributed by atoms with Crippen LogP contribution >= 0.6 is 0 Å². The number of hydrogen-bond acceptors (Lipinski definition) is 9. The van der Waals surface area contributed by atoms with Crippen LogP contribution in [0.25, 0.3) is 0 Å². The topological polar surface area (TPSA) is 117 Å². The van der Waals surface area contributed by atoms with E-state index in [-0.39, 0.29) is 24.0 Å². The fraction of sp³-hybridized carbons (Fsp3) is 0.310. The van der Waals surface area contributed by atoms with Crippen LogP contribution in [-0.2, 0) is 16.6 Å². The molecule has 0 radical (unpaired) electrons. The monoisotopic (exact) mass is 597 g/mol. The fourth-order valence-electron chi connectivity index (χ4n) is 5.08. The average Bonchev–Trinajstić information content (AvgIpc) is 3.02. The van der Waals surface area contributed by atoms with E-state index in [2.05, 4.69) is 20.2 Å². The molecule has 4 aromatic rings. The number of methoxy groups -OCH3 is 2. The Kier molecular flexibility index (Phi) is 8.76. The first-order valence-electron chi connectivity index (χ1n) is 13.2. The van der Waals surface area contributed by atoms with Gasteiger partial charge in [-0.1, -0.05) is 6.42 Å². The second-order valence-corrected chi connectivity index (χ2v) is 11.5. The molecule has 0 unspecified atom stereocenters. The quantitative estimate of drug-likeness (QED) is 0.247. The Bertz CT molecular complexity index is 1630. The van der Waals surface area contributed by atoms with Crippen LogP contribution in [0.3, 0.4) is 0 Å². The maximum atomic E-state index is 15.6. The number of halogens is 2. The summed E-state index contributed by atoms with van der Waals surface area (Å²) >= 11 is 0. The van der Waals surface area contributed by atoms with E-state index >= 15 is 8.78 Å². The smallest absolute Gasteiger partial charge is 0.268 e. The Balaban J connectivity index is 1.48. The number of rotatable bonds is 10. The van der Waals surface area contributed by atoms with E-state index < -0.39 is 32.7 Å². The normalized spacial score (nSPS) is 17.0. The number of ether oxygens (including phenoxy) is 3. The molecule has 0 saturated heterocycles. The first-order valence-corrected chi connectivity index (χ1v) is 14.7. The van der Waals surface area contributed by atoms with Crippen molar-refractivity contribution in [3.05, 3.63) is 90.1 Å². The van der Waals surface area contributed by atoms with Gasteiger partial charge in [0.1, 0.15) is 40.5 Å². The SMILES string of the molecule is COc1ccc(CN(c2ccncn2)S(=O)(=O)c2cc(F)c(O[C@H]3CCCC[C@@H]3c3ccnnc3)cc2F)c(OC)c1. The van der Waals surface area contributed by atoms with Gasteiger partial charge in [-0.15, -0.1) is 0 Å². The predicted octanol–water partition coefficient (Wildman–Crippen LogP) is 5.06. The highest BCUT2D eigenvalue weighted by Crippen LogP contribution is 2.38. The summed E-state index contributed by atoms with van der Waals surface area (Å²) in [7, 11) is -1.76. The van der Waals surface area contributed by atoms with Gasteiger partial charge in [-0.2, -0.15) is 10.2 Å². The summed E-state index contributed by atoms with van der Waals surface area (Å²) < 4.78 is 76.4. The Morgan fingerprint density at radius 1 is 0.929 bits per heavy atom. The molecule has 0 N–H and O–H groups in total. The molecule has 2 heterocycles. The molecule has 1 fully saturated rings. The summed E-state index contributed by atoms with van der Waals surface area (Å²) in [5, 5.41) is 7.73. The minimum atomic E-state index is -4.68. The maximum absolute atomic E-state index is 15.6. The summed E-state index contributed by atoms with van der Waals surface area (Å²) in [6, 6.07) is 9.45. The molecule has 220 valence electrons. The van der Waals surface area contributed by atoms with Crippen molar-refractivity contribution >= 4 is 15.8 Å². The zero-order valence-electron chi connectivity index (χ0n) is 23.0. The van der Waals surface area contributed by atoms with Crippen molar-refractivity contribution in [2.75, 3.05) is 18.5 Å². The average molecular weight is 598 g/mol. The van der Waals surface area contributed by atoms with Crippen molar-refractivity contribution in [1.82, 2.24) is 20.2 Å². The number of benzene rings is 2. The van der Waals surface area contributed by atoms with E-state index in [9.17, 15) is 8.42 Å². The lowest BCUT2D eigenvalue weighted by Crippen LogP contribution is -2.32. The molecule has 0 spiro atoms. The summed E-state index contributed by atoms with van der Waals surface area (Å²) in [5.41, 5.74) is 1.33. The molecule has 0 aliphatic heterocycles. The molecule has 42 heavy (non-hydrogen) atoms. The molecular formula is C29H29F2N5O5S. The molecule has 2 aromatic heterocycles. The first-order chi connectivity index (χ1) is 20.3. The lowest BCUT2D eigenvalue weighted by atomic mass is 9.82. The van der Waals surface area contributed by atoms with E-state index in [1.807, 2.05) is 6.07 Å². The lowest BCUT2D eigenvalue weighted by Gasteiger charge is -2.32. The van der Waals surface area contributed by atoms with Crippen LogP contribution in [0.4, 0.5) is 14.6 Å². The lowest BCUT2D eigenvalue weighted by molar-refractivity contribution is 0.124. The van der Waals surface area contributed by atoms with E-state index in [0.29, 0.717) is 29.5 Å². The molecule has 1 saturated carbocycles. The molecule has 0 amide bonds. The van der Waals surface area contributed by atoms with Crippen molar-refractivity contribution in [2.24, 2.45) is 0 Å². The molecular weight excluding hydrogens is 568 g/mol. The second-order valence-electron chi connectivity index (χ2n) is 9.69. The summed E-state index contributed by atoms with van der Waals surface area (Å²) in [5.74, 6) is -1.83. The maximum Gasteiger partial charge on any atom is 0.268 e. The predicted molar refractivity (Wildman–Crippen MR) is 149 cm³/mol. The van der Waals surface area contributed by atoms with Gasteiger partial charge in [0, 0.05) is 48.1 Å². The van der Waals surface area contributed by atoms with Gasteiger partial charge in [-0.05, 0) is 43.0 Å². The Morgan fingerprint density at radius 3 is 2.48 bits per heavy atom. The third-order valence-corrected chi connectivity index (χ3v) is 8.97. The number of anilines is 1. The van der Waals surface area contributed by atoms with Gasteiger partial charge in [0.2, 0.25) is 0 Å². The summed E-state index contributed by atoms with van der Waals surface area (Å²) in [4.78, 5) is 7.04. The minimum absolute atomic E-state index is 0.0426. The van der Waals surface area contributed by atoms with Gasteiger partial charge in [0.25, 0.3) is 10.0 Å². The van der Waals surface area contributed by atoms with Gasteiger partial charge < -0.3 is 14.2 Å². The van der Waals surface area contributed by atoms with Gasteiger partial charge in [0.05, 0.1) is 27.0 Å². The number of sulfonamides is 1. The van der Waals surface area contributed by atoms with Crippen LogP contribution in [0, 0.1) is 11.6 Å². The Hall–Kier alpha value is -4.39. The van der Waals surface area contributed by atoms with E-state index in [4.69, 9.17) is 14.2 Å². The largest absolute Gasteiger partial charge is 0.497 e. The first kappa shape index (κ1) is 29.1. The molecule has 2 atom stereocenters. The highest BCUT2D eigenvalue weighted by molar-refractivity contribution is 7.92. The van der Waals surface area contributed by atoms with E-state index in [0.717, 1.165) is 41.5 Å². The number of aromatic nitrogens is 4. The van der Waals surface area contributed by atoms with Crippen LogP contribution in [0.2, 0.25) is 0 Å².